The lowest BCUT2D eigenvalue weighted by Gasteiger charge is -2.12. The molecule has 0 unspecified atom stereocenters. The Morgan fingerprint density at radius 2 is 1.71 bits per heavy atom. The first kappa shape index (κ1) is 11.7. The third kappa shape index (κ3) is 2.55. The van der Waals surface area contributed by atoms with Gasteiger partial charge in [0.25, 0.3) is 0 Å². The van der Waals surface area contributed by atoms with Gasteiger partial charge in [-0.15, -0.1) is 0 Å². The van der Waals surface area contributed by atoms with Gasteiger partial charge in [0.1, 0.15) is 5.75 Å². The minimum atomic E-state index is 0.325. The Kier molecular flexibility index (Phi) is 4.09. The summed E-state index contributed by atoms with van der Waals surface area (Å²) in [6, 6.07) is 3.62. The van der Waals surface area contributed by atoms with Crippen molar-refractivity contribution in [2.75, 3.05) is 6.61 Å². The Balaban J connectivity index is 3.11. The summed E-state index contributed by atoms with van der Waals surface area (Å²) >= 11 is 12.2. The normalized spacial score (nSPS) is 10.7. The fourth-order valence-electron chi connectivity index (χ4n) is 1.36. The van der Waals surface area contributed by atoms with Crippen molar-refractivity contribution < 1.29 is 4.74 Å². The van der Waals surface area contributed by atoms with E-state index in [1.54, 1.807) is 0 Å². The van der Waals surface area contributed by atoms with Crippen LogP contribution in [0.1, 0.15) is 32.3 Å². The molecule has 3 heteroatoms. The SMILES string of the molecule is CCOc1cc(Cl)c(C(C)C)c(Cl)c1. The van der Waals surface area contributed by atoms with Crippen LogP contribution in [-0.2, 0) is 0 Å². The van der Waals surface area contributed by atoms with E-state index in [-0.39, 0.29) is 0 Å². The zero-order valence-corrected chi connectivity index (χ0v) is 10.1. The lowest BCUT2D eigenvalue weighted by atomic mass is 10.0. The van der Waals surface area contributed by atoms with Gasteiger partial charge in [-0.2, -0.15) is 0 Å². The topological polar surface area (TPSA) is 9.23 Å². The number of benzene rings is 1. The van der Waals surface area contributed by atoms with Crippen LogP contribution in [0.2, 0.25) is 10.0 Å². The molecule has 0 bridgehead atoms. The summed E-state index contributed by atoms with van der Waals surface area (Å²) in [4.78, 5) is 0. The lowest BCUT2D eigenvalue weighted by Crippen LogP contribution is -1.95. The van der Waals surface area contributed by atoms with E-state index in [0.29, 0.717) is 22.6 Å². The van der Waals surface area contributed by atoms with E-state index in [4.69, 9.17) is 27.9 Å². The standard InChI is InChI=1S/C11H14Cl2O/c1-4-14-8-5-9(12)11(7(2)3)10(13)6-8/h5-7H,4H2,1-3H3. The molecule has 78 valence electrons. The van der Waals surface area contributed by atoms with Gasteiger partial charge in [0.05, 0.1) is 6.61 Å². The molecular weight excluding hydrogens is 219 g/mol. The number of hydrogen-bond acceptors (Lipinski definition) is 1. The van der Waals surface area contributed by atoms with E-state index in [9.17, 15) is 0 Å². The molecule has 0 amide bonds. The summed E-state index contributed by atoms with van der Waals surface area (Å²) in [6.07, 6.45) is 0. The molecule has 14 heavy (non-hydrogen) atoms. The van der Waals surface area contributed by atoms with Crippen LogP contribution in [0.25, 0.3) is 0 Å². The van der Waals surface area contributed by atoms with Gasteiger partial charge in [0, 0.05) is 10.0 Å². The van der Waals surface area contributed by atoms with Crippen molar-refractivity contribution in [3.8, 4) is 5.75 Å². The Labute approximate surface area is 95.0 Å². The van der Waals surface area contributed by atoms with Crippen LogP contribution in [0, 0.1) is 0 Å². The fraction of sp³-hybridized carbons (Fsp3) is 0.455. The molecule has 1 rings (SSSR count). The van der Waals surface area contributed by atoms with Gasteiger partial charge in [-0.3, -0.25) is 0 Å². The van der Waals surface area contributed by atoms with Gasteiger partial charge in [-0.05, 0) is 30.5 Å². The van der Waals surface area contributed by atoms with Crippen LogP contribution in [-0.4, -0.2) is 6.61 Å². The molecule has 0 aliphatic carbocycles. The average Bonchev–Trinajstić information content (AvgIpc) is 2.01. The lowest BCUT2D eigenvalue weighted by molar-refractivity contribution is 0.340. The molecule has 0 heterocycles. The molecule has 0 aromatic heterocycles. The summed E-state index contributed by atoms with van der Waals surface area (Å²) in [6.45, 7) is 6.67. The first-order valence-corrected chi connectivity index (χ1v) is 5.43. The quantitative estimate of drug-likeness (QED) is 0.745. The maximum atomic E-state index is 6.10. The van der Waals surface area contributed by atoms with Gasteiger partial charge in [0.2, 0.25) is 0 Å². The molecule has 0 radical (unpaired) electrons. The second-order valence-corrected chi connectivity index (χ2v) is 4.20. The van der Waals surface area contributed by atoms with Gasteiger partial charge < -0.3 is 4.74 Å². The molecule has 0 fully saturated rings. The van der Waals surface area contributed by atoms with Crippen molar-refractivity contribution in [1.29, 1.82) is 0 Å². The molecule has 1 aromatic rings. The van der Waals surface area contributed by atoms with E-state index in [1.165, 1.54) is 0 Å². The van der Waals surface area contributed by atoms with Crippen molar-refractivity contribution >= 4 is 23.2 Å². The van der Waals surface area contributed by atoms with Gasteiger partial charge in [0.15, 0.2) is 0 Å². The second kappa shape index (κ2) is 4.90. The summed E-state index contributed by atoms with van der Waals surface area (Å²) in [5.41, 5.74) is 0.983. The minimum absolute atomic E-state index is 0.325. The maximum Gasteiger partial charge on any atom is 0.122 e. The van der Waals surface area contributed by atoms with Crippen molar-refractivity contribution in [1.82, 2.24) is 0 Å². The van der Waals surface area contributed by atoms with E-state index in [1.807, 2.05) is 19.1 Å². The third-order valence-electron chi connectivity index (χ3n) is 1.94. The maximum absolute atomic E-state index is 6.10. The fourth-order valence-corrected chi connectivity index (χ4v) is 2.27. The third-order valence-corrected chi connectivity index (χ3v) is 2.57. The summed E-state index contributed by atoms with van der Waals surface area (Å²) in [5.74, 6) is 1.05. The smallest absolute Gasteiger partial charge is 0.122 e. The number of rotatable bonds is 3. The molecular formula is C11H14Cl2O. The second-order valence-electron chi connectivity index (χ2n) is 3.39. The predicted octanol–water partition coefficient (Wildman–Crippen LogP) is 4.52. The van der Waals surface area contributed by atoms with Gasteiger partial charge in [-0.1, -0.05) is 37.0 Å². The summed E-state index contributed by atoms with van der Waals surface area (Å²) in [7, 11) is 0. The molecule has 0 saturated heterocycles. The highest BCUT2D eigenvalue weighted by Crippen LogP contribution is 2.35. The molecule has 1 aromatic carbocycles. The zero-order chi connectivity index (χ0) is 10.7. The van der Waals surface area contributed by atoms with Crippen LogP contribution >= 0.6 is 23.2 Å². The average molecular weight is 233 g/mol. The summed E-state index contributed by atoms with van der Waals surface area (Å²) < 4.78 is 5.33. The van der Waals surface area contributed by atoms with Crippen LogP contribution < -0.4 is 4.74 Å². The van der Waals surface area contributed by atoms with Crippen LogP contribution in [0.5, 0.6) is 5.75 Å². The first-order chi connectivity index (χ1) is 6.56. The van der Waals surface area contributed by atoms with Crippen molar-refractivity contribution in [3.63, 3.8) is 0 Å². The minimum Gasteiger partial charge on any atom is -0.494 e. The zero-order valence-electron chi connectivity index (χ0n) is 8.60. The molecule has 1 nitrogen and oxygen atoms in total. The molecule has 0 atom stereocenters. The van der Waals surface area contributed by atoms with Crippen molar-refractivity contribution in [3.05, 3.63) is 27.7 Å². The number of hydrogen-bond donors (Lipinski definition) is 0. The van der Waals surface area contributed by atoms with Gasteiger partial charge in [-0.25, -0.2) is 0 Å². The van der Waals surface area contributed by atoms with E-state index in [0.717, 1.165) is 11.3 Å². The highest BCUT2D eigenvalue weighted by atomic mass is 35.5. The molecule has 0 aliphatic heterocycles. The first-order valence-electron chi connectivity index (χ1n) is 4.68. The number of ether oxygens (including phenoxy) is 1. The van der Waals surface area contributed by atoms with Crippen LogP contribution in [0.15, 0.2) is 12.1 Å². The summed E-state index contributed by atoms with van der Waals surface area (Å²) in [5, 5.41) is 1.35. The Bertz CT molecular complexity index is 298. The van der Waals surface area contributed by atoms with E-state index >= 15 is 0 Å². The monoisotopic (exact) mass is 232 g/mol. The molecule has 0 N–H and O–H groups in total. The molecule has 0 saturated carbocycles. The largest absolute Gasteiger partial charge is 0.494 e. The van der Waals surface area contributed by atoms with Crippen molar-refractivity contribution in [2.24, 2.45) is 0 Å². The Morgan fingerprint density at radius 3 is 2.07 bits per heavy atom. The molecule has 0 aliphatic rings. The highest BCUT2D eigenvalue weighted by molar-refractivity contribution is 6.36. The van der Waals surface area contributed by atoms with Crippen LogP contribution in [0.3, 0.4) is 0 Å². The Hall–Kier alpha value is -0.400. The predicted molar refractivity (Wildman–Crippen MR) is 61.7 cm³/mol. The van der Waals surface area contributed by atoms with E-state index in [2.05, 4.69) is 13.8 Å². The molecule has 0 spiro atoms. The number of halogens is 2. The van der Waals surface area contributed by atoms with Crippen LogP contribution in [0.4, 0.5) is 0 Å². The Morgan fingerprint density at radius 1 is 1.21 bits per heavy atom. The van der Waals surface area contributed by atoms with Crippen molar-refractivity contribution in [2.45, 2.75) is 26.7 Å². The van der Waals surface area contributed by atoms with Gasteiger partial charge >= 0.3 is 0 Å². The van der Waals surface area contributed by atoms with E-state index < -0.39 is 0 Å². The highest BCUT2D eigenvalue weighted by Gasteiger charge is 2.11.